The highest BCUT2D eigenvalue weighted by atomic mass is 14.6. The van der Waals surface area contributed by atoms with Crippen molar-refractivity contribution in [3.8, 4) is 44.5 Å². The minimum atomic E-state index is 1.00. The van der Waals surface area contributed by atoms with E-state index in [4.69, 9.17) is 4.98 Å². The Morgan fingerprint density at radius 1 is 0.310 bits per heavy atom. The molecule has 0 atom stereocenters. The molecule has 1 heteroatoms. The highest BCUT2D eigenvalue weighted by Crippen LogP contribution is 2.46. The highest BCUT2D eigenvalue weighted by molar-refractivity contribution is 6.27. The molecule has 0 saturated heterocycles. The zero-order valence-electron chi connectivity index (χ0n) is 23.0. The zero-order chi connectivity index (χ0) is 27.9. The number of fused-ring (bicyclic) bond motifs is 4. The van der Waals surface area contributed by atoms with Gasteiger partial charge in [-0.1, -0.05) is 140 Å². The normalized spacial score (nSPS) is 11.3. The predicted molar refractivity (Wildman–Crippen MR) is 178 cm³/mol. The minimum Gasteiger partial charge on any atom is -0.256 e. The van der Waals surface area contributed by atoms with Gasteiger partial charge in [0.2, 0.25) is 0 Å². The number of benzene rings is 7. The third-order valence-electron chi connectivity index (χ3n) is 8.28. The molecule has 8 rings (SSSR count). The Kier molecular flexibility index (Phi) is 5.86. The fraction of sp³-hybridized carbons (Fsp3) is 0. The average Bonchev–Trinajstić information content (AvgIpc) is 3.08. The lowest BCUT2D eigenvalue weighted by molar-refractivity contribution is 1.45. The molecule has 0 aliphatic carbocycles. The summed E-state index contributed by atoms with van der Waals surface area (Å²) in [6.07, 6.45) is 2.08. The first-order chi connectivity index (χ1) is 20.8. The van der Waals surface area contributed by atoms with E-state index in [2.05, 4.69) is 164 Å². The van der Waals surface area contributed by atoms with Crippen LogP contribution in [-0.2, 0) is 0 Å². The molecule has 0 fully saturated rings. The molecule has 8 aromatic rings. The number of pyridine rings is 1. The molecule has 1 aromatic heterocycles. The SMILES string of the molecule is c1ccc(-c2cccc(-c3c4ccccc4c(-c4cccc(-c5ccccc5)c4)c4c3cnc3ccccc34)c2)cc1. The Balaban J connectivity index is 1.49. The van der Waals surface area contributed by atoms with Gasteiger partial charge in [0.1, 0.15) is 0 Å². The number of para-hydroxylation sites is 1. The third kappa shape index (κ3) is 4.06. The van der Waals surface area contributed by atoms with Crippen molar-refractivity contribution in [2.75, 3.05) is 0 Å². The molecule has 0 unspecified atom stereocenters. The van der Waals surface area contributed by atoms with E-state index in [1.54, 1.807) is 0 Å². The summed E-state index contributed by atoms with van der Waals surface area (Å²) in [6.45, 7) is 0. The van der Waals surface area contributed by atoms with Crippen LogP contribution in [0.5, 0.6) is 0 Å². The highest BCUT2D eigenvalue weighted by Gasteiger charge is 2.19. The summed E-state index contributed by atoms with van der Waals surface area (Å²) in [6, 6.07) is 56.5. The second kappa shape index (κ2) is 10.1. The molecule has 0 N–H and O–H groups in total. The molecule has 196 valence electrons. The molecule has 1 heterocycles. The maximum Gasteiger partial charge on any atom is 0.0708 e. The van der Waals surface area contributed by atoms with Gasteiger partial charge in [0, 0.05) is 22.4 Å². The van der Waals surface area contributed by atoms with Gasteiger partial charge in [-0.3, -0.25) is 4.98 Å². The number of hydrogen-bond donors (Lipinski definition) is 0. The third-order valence-corrected chi connectivity index (χ3v) is 8.28. The lowest BCUT2D eigenvalue weighted by Crippen LogP contribution is -1.94. The van der Waals surface area contributed by atoms with Crippen molar-refractivity contribution in [2.24, 2.45) is 0 Å². The van der Waals surface area contributed by atoms with Crippen molar-refractivity contribution in [3.05, 3.63) is 164 Å². The van der Waals surface area contributed by atoms with Crippen molar-refractivity contribution >= 4 is 32.4 Å². The van der Waals surface area contributed by atoms with E-state index in [1.165, 1.54) is 66.1 Å². The van der Waals surface area contributed by atoms with Gasteiger partial charge in [-0.05, 0) is 73.5 Å². The molecule has 7 aromatic carbocycles. The molecule has 0 aliphatic rings. The maximum atomic E-state index is 4.98. The van der Waals surface area contributed by atoms with Crippen LogP contribution in [-0.4, -0.2) is 4.98 Å². The van der Waals surface area contributed by atoms with Gasteiger partial charge >= 0.3 is 0 Å². The van der Waals surface area contributed by atoms with Crippen LogP contribution in [0.3, 0.4) is 0 Å². The monoisotopic (exact) mass is 533 g/mol. The first-order valence-electron chi connectivity index (χ1n) is 14.4. The molecule has 0 aliphatic heterocycles. The quantitative estimate of drug-likeness (QED) is 0.162. The summed E-state index contributed by atoms with van der Waals surface area (Å²) in [7, 11) is 0. The number of aromatic nitrogens is 1. The summed E-state index contributed by atoms with van der Waals surface area (Å²) >= 11 is 0. The smallest absolute Gasteiger partial charge is 0.0708 e. The van der Waals surface area contributed by atoms with Crippen LogP contribution < -0.4 is 0 Å². The van der Waals surface area contributed by atoms with Crippen LogP contribution in [0.1, 0.15) is 0 Å². The van der Waals surface area contributed by atoms with Gasteiger partial charge in [-0.25, -0.2) is 0 Å². The van der Waals surface area contributed by atoms with Gasteiger partial charge < -0.3 is 0 Å². The van der Waals surface area contributed by atoms with E-state index in [0.29, 0.717) is 0 Å². The summed E-state index contributed by atoms with van der Waals surface area (Å²) in [5, 5.41) is 6.04. The van der Waals surface area contributed by atoms with Crippen LogP contribution in [0, 0.1) is 0 Å². The zero-order valence-corrected chi connectivity index (χ0v) is 23.0. The van der Waals surface area contributed by atoms with Gasteiger partial charge in [0.15, 0.2) is 0 Å². The van der Waals surface area contributed by atoms with Gasteiger partial charge in [0.25, 0.3) is 0 Å². The standard InChI is InChI=1S/C41H27N/c1-3-13-28(14-4-1)30-17-11-19-32(25-30)39-34-21-7-8-22-35(34)40(41-36-23-9-10-24-38(36)42-27-37(39)41)33-20-12-18-31(26-33)29-15-5-2-6-16-29/h1-27H. The van der Waals surface area contributed by atoms with Crippen LogP contribution in [0.4, 0.5) is 0 Å². The van der Waals surface area contributed by atoms with Crippen molar-refractivity contribution in [3.63, 3.8) is 0 Å². The molecule has 42 heavy (non-hydrogen) atoms. The summed E-state index contributed by atoms with van der Waals surface area (Å²) in [5.41, 5.74) is 10.7. The lowest BCUT2D eigenvalue weighted by atomic mass is 9.84. The largest absolute Gasteiger partial charge is 0.256 e. The van der Waals surface area contributed by atoms with Crippen molar-refractivity contribution in [1.82, 2.24) is 4.98 Å². The van der Waals surface area contributed by atoms with E-state index in [0.717, 1.165) is 10.9 Å². The van der Waals surface area contributed by atoms with Crippen LogP contribution in [0.25, 0.3) is 77.0 Å². The average molecular weight is 534 g/mol. The van der Waals surface area contributed by atoms with E-state index < -0.39 is 0 Å². The Morgan fingerprint density at radius 2 is 0.762 bits per heavy atom. The molecule has 0 bridgehead atoms. The lowest BCUT2D eigenvalue weighted by Gasteiger charge is -2.19. The first-order valence-corrected chi connectivity index (χ1v) is 14.4. The molecule has 0 spiro atoms. The fourth-order valence-corrected chi connectivity index (χ4v) is 6.38. The second-order valence-electron chi connectivity index (χ2n) is 10.8. The Hall–Kier alpha value is -5.53. The number of rotatable bonds is 4. The summed E-state index contributed by atoms with van der Waals surface area (Å²) in [4.78, 5) is 4.98. The number of hydrogen-bond acceptors (Lipinski definition) is 1. The topological polar surface area (TPSA) is 12.9 Å². The Bertz CT molecular complexity index is 2230. The maximum absolute atomic E-state index is 4.98. The number of nitrogens with zero attached hydrogens (tertiary/aromatic N) is 1. The Labute approximate surface area is 245 Å². The molecule has 0 radical (unpaired) electrons. The Morgan fingerprint density at radius 3 is 1.38 bits per heavy atom. The van der Waals surface area contributed by atoms with Crippen molar-refractivity contribution in [2.45, 2.75) is 0 Å². The van der Waals surface area contributed by atoms with Gasteiger partial charge in [0.05, 0.1) is 5.52 Å². The molecule has 0 amide bonds. The van der Waals surface area contributed by atoms with E-state index in [9.17, 15) is 0 Å². The molecular weight excluding hydrogens is 506 g/mol. The van der Waals surface area contributed by atoms with E-state index in [-0.39, 0.29) is 0 Å². The first kappa shape index (κ1) is 24.3. The van der Waals surface area contributed by atoms with Gasteiger partial charge in [-0.2, -0.15) is 0 Å². The fourth-order valence-electron chi connectivity index (χ4n) is 6.38. The molecule has 0 saturated carbocycles. The van der Waals surface area contributed by atoms with Crippen molar-refractivity contribution in [1.29, 1.82) is 0 Å². The van der Waals surface area contributed by atoms with Crippen LogP contribution >= 0.6 is 0 Å². The van der Waals surface area contributed by atoms with Gasteiger partial charge in [-0.15, -0.1) is 0 Å². The van der Waals surface area contributed by atoms with Crippen molar-refractivity contribution < 1.29 is 0 Å². The predicted octanol–water partition coefficient (Wildman–Crippen LogP) is 11.2. The second-order valence-corrected chi connectivity index (χ2v) is 10.8. The van der Waals surface area contributed by atoms with Crippen LogP contribution in [0.2, 0.25) is 0 Å². The molecule has 1 nitrogen and oxygen atoms in total. The van der Waals surface area contributed by atoms with E-state index >= 15 is 0 Å². The van der Waals surface area contributed by atoms with Crippen LogP contribution in [0.15, 0.2) is 164 Å². The molecular formula is C41H27N. The minimum absolute atomic E-state index is 1.00. The summed E-state index contributed by atoms with van der Waals surface area (Å²) in [5.74, 6) is 0. The van der Waals surface area contributed by atoms with E-state index in [1.807, 2.05) is 0 Å². The summed E-state index contributed by atoms with van der Waals surface area (Å²) < 4.78 is 0.